The minimum absolute atomic E-state index is 0.0492. The molecule has 0 fully saturated rings. The molecule has 1 amide bonds. The lowest BCUT2D eigenvalue weighted by molar-refractivity contribution is -0.146. The third-order valence-corrected chi connectivity index (χ3v) is 4.46. The highest BCUT2D eigenvalue weighted by atomic mass is 16.5. The lowest BCUT2D eigenvalue weighted by Gasteiger charge is -2.23. The summed E-state index contributed by atoms with van der Waals surface area (Å²) in [7, 11) is 1.34. The zero-order valence-corrected chi connectivity index (χ0v) is 15.8. The summed E-state index contributed by atoms with van der Waals surface area (Å²) in [5, 5.41) is 2.92. The van der Waals surface area contributed by atoms with Crippen LogP contribution in [0.3, 0.4) is 0 Å². The van der Waals surface area contributed by atoms with E-state index < -0.39 is 12.0 Å². The van der Waals surface area contributed by atoms with Gasteiger partial charge in [-0.25, -0.2) is 4.98 Å². The van der Waals surface area contributed by atoms with Crippen LogP contribution in [0.1, 0.15) is 24.2 Å². The van der Waals surface area contributed by atoms with Crippen molar-refractivity contribution in [2.24, 2.45) is 5.92 Å². The van der Waals surface area contributed by atoms with E-state index in [1.54, 1.807) is 6.92 Å². The number of aromatic nitrogens is 1. The molecule has 6 heteroatoms. The third kappa shape index (κ3) is 4.65. The molecule has 0 saturated heterocycles. The van der Waals surface area contributed by atoms with Crippen LogP contribution in [0.5, 0.6) is 0 Å². The van der Waals surface area contributed by atoms with Gasteiger partial charge in [-0.3, -0.25) is 9.59 Å². The zero-order chi connectivity index (χ0) is 19.9. The number of carbonyl (C=O) groups excluding carboxylic acids is 2. The maximum Gasteiger partial charge on any atom is 0.310 e. The van der Waals surface area contributed by atoms with E-state index in [9.17, 15) is 9.59 Å². The summed E-state index contributed by atoms with van der Waals surface area (Å²) in [4.78, 5) is 29.0. The maximum atomic E-state index is 12.6. The maximum absolute atomic E-state index is 12.6. The first-order valence-electron chi connectivity index (χ1n) is 9.00. The summed E-state index contributed by atoms with van der Waals surface area (Å²) in [5.41, 5.74) is 2.20. The van der Waals surface area contributed by atoms with Crippen molar-refractivity contribution in [1.29, 1.82) is 0 Å². The number of ether oxygens (including phenoxy) is 1. The van der Waals surface area contributed by atoms with Gasteiger partial charge in [0.15, 0.2) is 0 Å². The fourth-order valence-corrected chi connectivity index (χ4v) is 2.97. The SMILES string of the molecule is COC(=O)[C@H](C)[C@H](NC(=O)Cc1coc(-c2ccccc2)n1)c1ccccc1. The predicted octanol–water partition coefficient (Wildman–Crippen LogP) is 3.55. The van der Waals surface area contributed by atoms with Crippen LogP contribution in [-0.4, -0.2) is 24.0 Å². The van der Waals surface area contributed by atoms with Crippen LogP contribution < -0.4 is 5.32 Å². The fraction of sp³-hybridized carbons (Fsp3) is 0.227. The molecule has 144 valence electrons. The average molecular weight is 378 g/mol. The lowest BCUT2D eigenvalue weighted by Crippen LogP contribution is -2.36. The van der Waals surface area contributed by atoms with E-state index in [0.29, 0.717) is 11.6 Å². The van der Waals surface area contributed by atoms with Gasteiger partial charge < -0.3 is 14.5 Å². The zero-order valence-electron chi connectivity index (χ0n) is 15.8. The molecule has 28 heavy (non-hydrogen) atoms. The standard InChI is InChI=1S/C22H22N2O4/c1-15(22(26)27-2)20(16-9-5-3-6-10-16)24-19(25)13-18-14-28-21(23-18)17-11-7-4-8-12-17/h3-12,14-15,20H,13H2,1-2H3,(H,24,25)/t15-,20+/m1/s1. The second kappa shape index (κ2) is 8.99. The van der Waals surface area contributed by atoms with Gasteiger partial charge in [-0.05, 0) is 24.6 Å². The Morgan fingerprint density at radius 2 is 1.71 bits per heavy atom. The van der Waals surface area contributed by atoms with Crippen molar-refractivity contribution in [2.75, 3.05) is 7.11 Å². The van der Waals surface area contributed by atoms with Crippen LogP contribution in [0.25, 0.3) is 11.5 Å². The molecule has 0 aliphatic rings. The largest absolute Gasteiger partial charge is 0.469 e. The minimum Gasteiger partial charge on any atom is -0.469 e. The number of methoxy groups -OCH3 is 1. The Hall–Kier alpha value is -3.41. The minimum atomic E-state index is -0.534. The summed E-state index contributed by atoms with van der Waals surface area (Å²) < 4.78 is 10.3. The van der Waals surface area contributed by atoms with Crippen molar-refractivity contribution in [3.05, 3.63) is 78.2 Å². The summed E-state index contributed by atoms with van der Waals surface area (Å²) in [5.74, 6) is -0.709. The predicted molar refractivity (Wildman–Crippen MR) is 104 cm³/mol. The number of nitrogens with one attached hydrogen (secondary N) is 1. The molecule has 0 aliphatic carbocycles. The van der Waals surface area contributed by atoms with Crippen molar-refractivity contribution in [3.8, 4) is 11.5 Å². The van der Waals surface area contributed by atoms with E-state index in [4.69, 9.17) is 9.15 Å². The summed E-state index contributed by atoms with van der Waals surface area (Å²) >= 11 is 0. The van der Waals surface area contributed by atoms with Gasteiger partial charge in [0.25, 0.3) is 0 Å². The normalized spacial score (nSPS) is 12.8. The third-order valence-electron chi connectivity index (χ3n) is 4.46. The van der Waals surface area contributed by atoms with Crippen molar-refractivity contribution >= 4 is 11.9 Å². The fourth-order valence-electron chi connectivity index (χ4n) is 2.97. The molecule has 3 aromatic rings. The van der Waals surface area contributed by atoms with Gasteiger partial charge in [0.1, 0.15) is 6.26 Å². The second-order valence-electron chi connectivity index (χ2n) is 6.45. The number of esters is 1. The Balaban J connectivity index is 1.72. The van der Waals surface area contributed by atoms with E-state index in [1.807, 2.05) is 60.7 Å². The number of nitrogens with zero attached hydrogens (tertiary/aromatic N) is 1. The molecule has 3 rings (SSSR count). The number of rotatable bonds is 7. The molecule has 2 aromatic carbocycles. The smallest absolute Gasteiger partial charge is 0.310 e. The first kappa shape index (κ1) is 19.4. The molecular formula is C22H22N2O4. The Morgan fingerprint density at radius 3 is 2.36 bits per heavy atom. The topological polar surface area (TPSA) is 81.4 Å². The Kier molecular flexibility index (Phi) is 6.22. The van der Waals surface area contributed by atoms with Crippen molar-refractivity contribution in [3.63, 3.8) is 0 Å². The summed E-state index contributed by atoms with van der Waals surface area (Å²) in [6.07, 6.45) is 1.52. The average Bonchev–Trinajstić information content (AvgIpc) is 3.20. The van der Waals surface area contributed by atoms with Gasteiger partial charge in [0.05, 0.1) is 31.2 Å². The number of carbonyl (C=O) groups is 2. The summed E-state index contributed by atoms with van der Waals surface area (Å²) in [6, 6.07) is 18.3. The Bertz CT molecular complexity index is 922. The Labute approximate surface area is 163 Å². The molecule has 6 nitrogen and oxygen atoms in total. The lowest BCUT2D eigenvalue weighted by atomic mass is 9.94. The molecule has 1 aromatic heterocycles. The van der Waals surface area contributed by atoms with E-state index in [1.165, 1.54) is 13.4 Å². The number of benzene rings is 2. The molecule has 2 atom stereocenters. The van der Waals surface area contributed by atoms with Gasteiger partial charge >= 0.3 is 5.97 Å². The van der Waals surface area contributed by atoms with Crippen molar-refractivity contribution in [1.82, 2.24) is 10.3 Å². The molecule has 1 N–H and O–H groups in total. The van der Waals surface area contributed by atoms with E-state index >= 15 is 0 Å². The van der Waals surface area contributed by atoms with Crippen LogP contribution in [0.15, 0.2) is 71.3 Å². The van der Waals surface area contributed by atoms with E-state index in [0.717, 1.165) is 11.1 Å². The molecule has 0 bridgehead atoms. The molecule has 0 aliphatic heterocycles. The van der Waals surface area contributed by atoms with Crippen LogP contribution >= 0.6 is 0 Å². The second-order valence-corrected chi connectivity index (χ2v) is 6.45. The van der Waals surface area contributed by atoms with Crippen LogP contribution in [0, 0.1) is 5.92 Å². The van der Waals surface area contributed by atoms with E-state index in [2.05, 4.69) is 10.3 Å². The quantitative estimate of drug-likeness (QED) is 0.636. The van der Waals surface area contributed by atoms with Gasteiger partial charge in [-0.2, -0.15) is 0 Å². The highest BCUT2D eigenvalue weighted by molar-refractivity contribution is 5.80. The molecular weight excluding hydrogens is 356 g/mol. The first-order chi connectivity index (χ1) is 13.6. The van der Waals surface area contributed by atoms with Gasteiger partial charge in [0, 0.05) is 5.56 Å². The van der Waals surface area contributed by atoms with Gasteiger partial charge in [-0.15, -0.1) is 0 Å². The molecule has 0 unspecified atom stereocenters. The van der Waals surface area contributed by atoms with Gasteiger partial charge in [0.2, 0.25) is 11.8 Å². The molecule has 1 heterocycles. The molecule has 0 saturated carbocycles. The Morgan fingerprint density at radius 1 is 1.07 bits per heavy atom. The van der Waals surface area contributed by atoms with Gasteiger partial charge in [-0.1, -0.05) is 48.5 Å². The highest BCUT2D eigenvalue weighted by Crippen LogP contribution is 2.23. The number of hydrogen-bond donors (Lipinski definition) is 1. The van der Waals surface area contributed by atoms with Crippen LogP contribution in [0.2, 0.25) is 0 Å². The number of hydrogen-bond acceptors (Lipinski definition) is 5. The number of amides is 1. The number of oxazole rings is 1. The molecule has 0 radical (unpaired) electrons. The monoisotopic (exact) mass is 378 g/mol. The molecule has 0 spiro atoms. The van der Waals surface area contributed by atoms with Crippen LogP contribution in [-0.2, 0) is 20.7 Å². The van der Waals surface area contributed by atoms with E-state index in [-0.39, 0.29) is 18.3 Å². The van der Waals surface area contributed by atoms with Crippen LogP contribution in [0.4, 0.5) is 0 Å². The first-order valence-corrected chi connectivity index (χ1v) is 9.00. The summed E-state index contributed by atoms with van der Waals surface area (Å²) in [6.45, 7) is 1.73. The highest BCUT2D eigenvalue weighted by Gasteiger charge is 2.28. The van der Waals surface area contributed by atoms with Crippen molar-refractivity contribution < 1.29 is 18.7 Å². The van der Waals surface area contributed by atoms with Crippen molar-refractivity contribution in [2.45, 2.75) is 19.4 Å².